The number of rotatable bonds is 9. The molecule has 0 saturated heterocycles. The van der Waals surface area contributed by atoms with Gasteiger partial charge in [-0.05, 0) is 37.3 Å². The molecule has 0 spiro atoms. The van der Waals surface area contributed by atoms with Crippen LogP contribution in [-0.2, 0) is 16.0 Å². The standard InChI is InChI=1S/C23H25N3O3S/c1-17-8-10-18(11-9-17)12-13-21(27)24-14-15-29-22(28)20-16-25-23(30-2)26(20)19-6-4-3-5-7-19/h3-11,16H,12-15H2,1-2H3,(H,24,27). The average Bonchev–Trinajstić information content (AvgIpc) is 3.21. The number of thioether (sulfide) groups is 1. The van der Waals surface area contributed by atoms with Gasteiger partial charge in [0.1, 0.15) is 6.61 Å². The van der Waals surface area contributed by atoms with Crippen LogP contribution in [0.25, 0.3) is 5.69 Å². The molecule has 1 amide bonds. The Labute approximate surface area is 180 Å². The lowest BCUT2D eigenvalue weighted by atomic mass is 10.1. The molecule has 3 rings (SSSR count). The number of carbonyl (C=O) groups excluding carboxylic acids is 2. The molecular formula is C23H25N3O3S. The Kier molecular flexibility index (Phi) is 7.68. The van der Waals surface area contributed by atoms with E-state index in [9.17, 15) is 9.59 Å². The van der Waals surface area contributed by atoms with Gasteiger partial charge in [0.15, 0.2) is 10.9 Å². The summed E-state index contributed by atoms with van der Waals surface area (Å²) < 4.78 is 7.12. The van der Waals surface area contributed by atoms with Gasteiger partial charge in [0.05, 0.1) is 12.7 Å². The zero-order valence-electron chi connectivity index (χ0n) is 17.1. The van der Waals surface area contributed by atoms with Crippen LogP contribution in [0, 0.1) is 6.92 Å². The molecule has 0 aliphatic rings. The van der Waals surface area contributed by atoms with Crippen LogP contribution in [0.5, 0.6) is 0 Å². The van der Waals surface area contributed by atoms with Gasteiger partial charge < -0.3 is 10.1 Å². The molecule has 1 N–H and O–H groups in total. The second-order valence-corrected chi connectivity index (χ2v) is 7.55. The number of nitrogens with zero attached hydrogens (tertiary/aromatic N) is 2. The van der Waals surface area contributed by atoms with Crippen molar-refractivity contribution in [1.29, 1.82) is 0 Å². The van der Waals surface area contributed by atoms with Gasteiger partial charge in [-0.25, -0.2) is 9.78 Å². The molecule has 0 atom stereocenters. The van der Waals surface area contributed by atoms with Gasteiger partial charge >= 0.3 is 5.97 Å². The second kappa shape index (κ2) is 10.6. The molecule has 1 heterocycles. The predicted molar refractivity (Wildman–Crippen MR) is 118 cm³/mol. The topological polar surface area (TPSA) is 73.2 Å². The zero-order chi connectivity index (χ0) is 21.3. The summed E-state index contributed by atoms with van der Waals surface area (Å²) in [4.78, 5) is 28.9. The Bertz CT molecular complexity index is 985. The number of aromatic nitrogens is 2. The van der Waals surface area contributed by atoms with Crippen LogP contribution in [-0.4, -0.2) is 40.8 Å². The number of amides is 1. The number of nitrogens with one attached hydrogen (secondary N) is 1. The van der Waals surface area contributed by atoms with Crippen molar-refractivity contribution in [2.75, 3.05) is 19.4 Å². The minimum atomic E-state index is -0.472. The number of aryl methyl sites for hydroxylation is 2. The third-order valence-corrected chi connectivity index (χ3v) is 5.21. The van der Waals surface area contributed by atoms with Gasteiger partial charge in [-0.3, -0.25) is 9.36 Å². The largest absolute Gasteiger partial charge is 0.459 e. The fraction of sp³-hybridized carbons (Fsp3) is 0.261. The van der Waals surface area contributed by atoms with Gasteiger partial charge in [0, 0.05) is 12.1 Å². The first-order valence-electron chi connectivity index (χ1n) is 9.75. The molecule has 30 heavy (non-hydrogen) atoms. The van der Waals surface area contributed by atoms with Gasteiger partial charge in [0.2, 0.25) is 5.91 Å². The van der Waals surface area contributed by atoms with Crippen LogP contribution in [0.2, 0.25) is 0 Å². The van der Waals surface area contributed by atoms with Crippen molar-refractivity contribution < 1.29 is 14.3 Å². The quantitative estimate of drug-likeness (QED) is 0.322. The molecule has 0 saturated carbocycles. The maximum Gasteiger partial charge on any atom is 0.357 e. The van der Waals surface area contributed by atoms with Crippen molar-refractivity contribution in [2.24, 2.45) is 0 Å². The van der Waals surface area contributed by atoms with E-state index in [4.69, 9.17) is 4.74 Å². The molecule has 3 aromatic rings. The minimum Gasteiger partial charge on any atom is -0.459 e. The summed E-state index contributed by atoms with van der Waals surface area (Å²) in [5, 5.41) is 3.50. The van der Waals surface area contributed by atoms with E-state index in [1.165, 1.54) is 23.5 Å². The van der Waals surface area contributed by atoms with Crippen molar-refractivity contribution in [3.05, 3.63) is 77.6 Å². The van der Waals surface area contributed by atoms with E-state index in [2.05, 4.69) is 10.3 Å². The third-order valence-electron chi connectivity index (χ3n) is 4.55. The van der Waals surface area contributed by atoms with Crippen molar-refractivity contribution in [3.63, 3.8) is 0 Å². The molecular weight excluding hydrogens is 398 g/mol. The normalized spacial score (nSPS) is 10.6. The SMILES string of the molecule is CSc1ncc(C(=O)OCCNC(=O)CCc2ccc(C)cc2)n1-c1ccccc1. The Morgan fingerprint density at radius 2 is 1.83 bits per heavy atom. The van der Waals surface area contributed by atoms with Gasteiger partial charge in [-0.1, -0.05) is 59.8 Å². The molecule has 2 aromatic carbocycles. The highest BCUT2D eigenvalue weighted by Crippen LogP contribution is 2.22. The molecule has 0 aliphatic carbocycles. The molecule has 0 unspecified atom stereocenters. The Morgan fingerprint density at radius 3 is 2.53 bits per heavy atom. The van der Waals surface area contributed by atoms with E-state index < -0.39 is 5.97 Å². The maximum absolute atomic E-state index is 12.5. The van der Waals surface area contributed by atoms with E-state index >= 15 is 0 Å². The Morgan fingerprint density at radius 1 is 1.10 bits per heavy atom. The fourth-order valence-electron chi connectivity index (χ4n) is 2.96. The van der Waals surface area contributed by atoms with Crippen LogP contribution in [0.3, 0.4) is 0 Å². The number of carbonyl (C=O) groups is 2. The van der Waals surface area contributed by atoms with Crippen LogP contribution >= 0.6 is 11.8 Å². The number of benzene rings is 2. The highest BCUT2D eigenvalue weighted by atomic mass is 32.2. The molecule has 1 aromatic heterocycles. The van der Waals surface area contributed by atoms with Gasteiger partial charge in [-0.2, -0.15) is 0 Å². The maximum atomic E-state index is 12.5. The lowest BCUT2D eigenvalue weighted by Crippen LogP contribution is -2.28. The van der Waals surface area contributed by atoms with Crippen molar-refractivity contribution in [2.45, 2.75) is 24.9 Å². The first kappa shape index (κ1) is 21.6. The molecule has 6 nitrogen and oxygen atoms in total. The van der Waals surface area contributed by atoms with Crippen LogP contribution in [0.15, 0.2) is 66.0 Å². The number of para-hydroxylation sites is 1. The first-order valence-corrected chi connectivity index (χ1v) is 11.0. The smallest absolute Gasteiger partial charge is 0.357 e. The summed E-state index contributed by atoms with van der Waals surface area (Å²) in [6.07, 6.45) is 4.50. The van der Waals surface area contributed by atoms with Crippen molar-refractivity contribution in [1.82, 2.24) is 14.9 Å². The van der Waals surface area contributed by atoms with Crippen LogP contribution in [0.1, 0.15) is 28.0 Å². The molecule has 0 fully saturated rings. The highest BCUT2D eigenvalue weighted by Gasteiger charge is 2.18. The molecule has 7 heteroatoms. The Balaban J connectivity index is 1.47. The molecule has 156 valence electrons. The van der Waals surface area contributed by atoms with E-state index in [0.29, 0.717) is 23.7 Å². The number of hydrogen-bond donors (Lipinski definition) is 1. The predicted octanol–water partition coefficient (Wildman–Crippen LogP) is 3.81. The van der Waals surface area contributed by atoms with E-state index in [-0.39, 0.29) is 19.1 Å². The first-order chi connectivity index (χ1) is 14.6. The average molecular weight is 424 g/mol. The van der Waals surface area contributed by atoms with Crippen LogP contribution < -0.4 is 5.32 Å². The zero-order valence-corrected chi connectivity index (χ0v) is 17.9. The molecule has 0 bridgehead atoms. The summed E-state index contributed by atoms with van der Waals surface area (Å²) >= 11 is 1.45. The number of imidazole rings is 1. The fourth-order valence-corrected chi connectivity index (χ4v) is 3.50. The molecule has 0 aliphatic heterocycles. The Hall–Kier alpha value is -3.06. The number of ether oxygens (including phenoxy) is 1. The van der Waals surface area contributed by atoms with Crippen molar-refractivity contribution in [3.8, 4) is 5.69 Å². The summed E-state index contributed by atoms with van der Waals surface area (Å²) in [7, 11) is 0. The van der Waals surface area contributed by atoms with E-state index in [1.54, 1.807) is 4.57 Å². The van der Waals surface area contributed by atoms with E-state index in [1.807, 2.05) is 67.8 Å². The minimum absolute atomic E-state index is 0.0642. The van der Waals surface area contributed by atoms with Crippen molar-refractivity contribution >= 4 is 23.6 Å². The highest BCUT2D eigenvalue weighted by molar-refractivity contribution is 7.98. The second-order valence-electron chi connectivity index (χ2n) is 6.77. The lowest BCUT2D eigenvalue weighted by molar-refractivity contribution is -0.121. The third kappa shape index (κ3) is 5.73. The van der Waals surface area contributed by atoms with Crippen LogP contribution in [0.4, 0.5) is 0 Å². The number of hydrogen-bond acceptors (Lipinski definition) is 5. The monoisotopic (exact) mass is 423 g/mol. The number of esters is 1. The lowest BCUT2D eigenvalue weighted by Gasteiger charge is -2.11. The summed E-state index contributed by atoms with van der Waals surface area (Å²) in [5.41, 5.74) is 3.52. The summed E-state index contributed by atoms with van der Waals surface area (Å²) in [6, 6.07) is 17.7. The van der Waals surface area contributed by atoms with Gasteiger partial charge in [0.25, 0.3) is 0 Å². The summed E-state index contributed by atoms with van der Waals surface area (Å²) in [5.74, 6) is -0.536. The van der Waals surface area contributed by atoms with E-state index in [0.717, 1.165) is 11.3 Å². The van der Waals surface area contributed by atoms with Gasteiger partial charge in [-0.15, -0.1) is 0 Å². The summed E-state index contributed by atoms with van der Waals surface area (Å²) in [6.45, 7) is 2.41. The molecule has 0 radical (unpaired) electrons.